The maximum Gasteiger partial charge on any atom is 0.433 e. The highest BCUT2D eigenvalue weighted by Gasteiger charge is 2.39. The average molecular weight is 623 g/mol. The molecular weight excluding hydrogens is 600 g/mol. The predicted octanol–water partition coefficient (Wildman–Crippen LogP) is 6.24. The largest absolute Gasteiger partial charge is 0.481 e. The number of imidazole rings is 1. The number of halogens is 5. The van der Waals surface area contributed by atoms with Crippen LogP contribution < -0.4 is 4.74 Å². The van der Waals surface area contributed by atoms with Crippen molar-refractivity contribution in [3.05, 3.63) is 130 Å². The maximum atomic E-state index is 15.8. The number of pyridine rings is 2. The molecule has 0 amide bonds. The van der Waals surface area contributed by atoms with E-state index in [-0.39, 0.29) is 45.0 Å². The Morgan fingerprint density at radius 1 is 1.02 bits per heavy atom. The lowest BCUT2D eigenvalue weighted by molar-refractivity contribution is -0.141. The molecule has 0 spiro atoms. The second-order valence-corrected chi connectivity index (χ2v) is 10.5. The van der Waals surface area contributed by atoms with E-state index >= 15 is 4.39 Å². The van der Waals surface area contributed by atoms with Crippen LogP contribution in [0.15, 0.2) is 85.7 Å². The van der Waals surface area contributed by atoms with Crippen molar-refractivity contribution in [2.75, 3.05) is 7.11 Å². The lowest BCUT2D eigenvalue weighted by Crippen LogP contribution is -2.32. The first-order valence-electron chi connectivity index (χ1n) is 13.2. The van der Waals surface area contributed by atoms with E-state index in [0.29, 0.717) is 5.56 Å². The highest BCUT2D eigenvalue weighted by atomic mass is 35.5. The first-order chi connectivity index (χ1) is 21.0. The molecule has 0 aliphatic rings. The van der Waals surface area contributed by atoms with Gasteiger partial charge in [0.1, 0.15) is 17.0 Å². The molecule has 0 saturated carbocycles. The molecule has 6 rings (SSSR count). The number of alkyl halides is 3. The Morgan fingerprint density at radius 2 is 1.80 bits per heavy atom. The van der Waals surface area contributed by atoms with Gasteiger partial charge in [-0.25, -0.2) is 19.0 Å². The van der Waals surface area contributed by atoms with E-state index in [0.717, 1.165) is 35.6 Å². The summed E-state index contributed by atoms with van der Waals surface area (Å²) in [4.78, 5) is 12.0. The van der Waals surface area contributed by atoms with E-state index in [1.54, 1.807) is 17.9 Å². The minimum absolute atomic E-state index is 0.0175. The molecule has 224 valence electrons. The van der Waals surface area contributed by atoms with Crippen LogP contribution in [0.1, 0.15) is 33.6 Å². The van der Waals surface area contributed by atoms with Gasteiger partial charge in [0.2, 0.25) is 5.88 Å². The van der Waals surface area contributed by atoms with Crippen LogP contribution in [0.4, 0.5) is 17.6 Å². The molecule has 4 aromatic heterocycles. The SMILES string of the molecule is COc1nc2c(F)cc(C(O)(c3ccc(C(F)(F)F)nc3)c3cncn3C)cc2c(Cl)c1Cc1ccc(-n2cccn2)cc1. The lowest BCUT2D eigenvalue weighted by Gasteiger charge is -2.30. The molecule has 13 heteroatoms. The summed E-state index contributed by atoms with van der Waals surface area (Å²) in [5.74, 6) is -0.701. The van der Waals surface area contributed by atoms with Crippen molar-refractivity contribution in [1.82, 2.24) is 29.3 Å². The fourth-order valence-corrected chi connectivity index (χ4v) is 5.46. The van der Waals surface area contributed by atoms with Crippen molar-refractivity contribution in [2.45, 2.75) is 18.2 Å². The normalized spacial score (nSPS) is 13.3. The Morgan fingerprint density at radius 3 is 2.39 bits per heavy atom. The number of hydrogen-bond donors (Lipinski definition) is 1. The summed E-state index contributed by atoms with van der Waals surface area (Å²) in [5, 5.41) is 16.8. The number of aryl methyl sites for hydroxylation is 1. The van der Waals surface area contributed by atoms with Gasteiger partial charge in [0, 0.05) is 48.6 Å². The van der Waals surface area contributed by atoms with Gasteiger partial charge in [0.15, 0.2) is 5.60 Å². The van der Waals surface area contributed by atoms with Crippen LogP contribution in [0, 0.1) is 5.82 Å². The molecular formula is C31H23ClF4N6O2. The standard InChI is InChI=1S/C31H23ClF4N6O2/c1-41-17-37-16-26(41)30(43,19-6-9-25(38-15-19)31(34,35)36)20-13-22-27(32)23(29(44-2)40-28(22)24(33)14-20)12-18-4-7-21(8-5-18)42-11-3-10-39-42/h3-11,13-17,43H,12H2,1-2H3. The first kappa shape index (κ1) is 29.3. The van der Waals surface area contributed by atoms with Crippen LogP contribution in [-0.4, -0.2) is 41.5 Å². The second-order valence-electron chi connectivity index (χ2n) is 10.1. The van der Waals surface area contributed by atoms with Crippen molar-refractivity contribution in [1.29, 1.82) is 0 Å². The smallest absolute Gasteiger partial charge is 0.433 e. The summed E-state index contributed by atoms with van der Waals surface area (Å²) in [6, 6.07) is 13.8. The topological polar surface area (TPSA) is 90.9 Å². The van der Waals surface area contributed by atoms with Gasteiger partial charge in [-0.1, -0.05) is 29.8 Å². The minimum atomic E-state index is -4.69. The van der Waals surface area contributed by atoms with Crippen LogP contribution >= 0.6 is 11.6 Å². The molecule has 6 aromatic rings. The average Bonchev–Trinajstić information content (AvgIpc) is 3.71. The summed E-state index contributed by atoms with van der Waals surface area (Å²) in [6.45, 7) is 0. The Balaban J connectivity index is 1.49. The summed E-state index contributed by atoms with van der Waals surface area (Å²) in [6.07, 6.45) is 2.75. The van der Waals surface area contributed by atoms with E-state index < -0.39 is 23.3 Å². The highest BCUT2D eigenvalue weighted by Crippen LogP contribution is 2.42. The number of benzene rings is 2. The van der Waals surface area contributed by atoms with Gasteiger partial charge in [-0.05, 0) is 47.5 Å². The third-order valence-corrected chi connectivity index (χ3v) is 7.82. The molecule has 1 N–H and O–H groups in total. The Bertz CT molecular complexity index is 1960. The second kappa shape index (κ2) is 11.0. The van der Waals surface area contributed by atoms with Crippen molar-refractivity contribution in [3.63, 3.8) is 0 Å². The molecule has 0 aliphatic carbocycles. The summed E-state index contributed by atoms with van der Waals surface area (Å²) >= 11 is 6.92. The number of fused-ring (bicyclic) bond motifs is 1. The van der Waals surface area contributed by atoms with Crippen molar-refractivity contribution < 1.29 is 27.4 Å². The molecule has 0 radical (unpaired) electrons. The van der Waals surface area contributed by atoms with Gasteiger partial charge in [0.05, 0.1) is 36.0 Å². The monoisotopic (exact) mass is 622 g/mol. The first-order valence-corrected chi connectivity index (χ1v) is 13.6. The number of aromatic nitrogens is 6. The fraction of sp³-hybridized carbons (Fsp3) is 0.161. The van der Waals surface area contributed by atoms with Crippen molar-refractivity contribution in [3.8, 4) is 11.6 Å². The van der Waals surface area contributed by atoms with E-state index in [1.165, 1.54) is 30.3 Å². The predicted molar refractivity (Wildman–Crippen MR) is 154 cm³/mol. The van der Waals surface area contributed by atoms with E-state index in [2.05, 4.69) is 20.1 Å². The third-order valence-electron chi connectivity index (χ3n) is 7.39. The maximum absolute atomic E-state index is 15.8. The Labute approximate surface area is 253 Å². The number of methoxy groups -OCH3 is 1. The van der Waals surface area contributed by atoms with Gasteiger partial charge in [-0.3, -0.25) is 4.98 Å². The molecule has 1 atom stereocenters. The van der Waals surface area contributed by atoms with Crippen LogP contribution in [0.25, 0.3) is 16.6 Å². The summed E-state index contributed by atoms with van der Waals surface area (Å²) < 4.78 is 64.3. The van der Waals surface area contributed by atoms with Crippen LogP contribution in [0.3, 0.4) is 0 Å². The zero-order valence-electron chi connectivity index (χ0n) is 23.2. The summed E-state index contributed by atoms with van der Waals surface area (Å²) in [7, 11) is 3.00. The Kier molecular flexibility index (Phi) is 7.34. The molecule has 8 nitrogen and oxygen atoms in total. The number of nitrogens with zero attached hydrogens (tertiary/aromatic N) is 6. The van der Waals surface area contributed by atoms with Crippen LogP contribution in [-0.2, 0) is 25.2 Å². The number of aliphatic hydroxyl groups is 1. The number of ether oxygens (including phenoxy) is 1. The molecule has 0 fully saturated rings. The molecule has 0 bridgehead atoms. The fourth-order valence-electron chi connectivity index (χ4n) is 5.17. The van der Waals surface area contributed by atoms with Gasteiger partial charge < -0.3 is 14.4 Å². The molecule has 0 aliphatic heterocycles. The molecule has 44 heavy (non-hydrogen) atoms. The quantitative estimate of drug-likeness (QED) is 0.212. The van der Waals surface area contributed by atoms with Crippen LogP contribution in [0.5, 0.6) is 5.88 Å². The zero-order valence-corrected chi connectivity index (χ0v) is 24.0. The lowest BCUT2D eigenvalue weighted by atomic mass is 9.83. The van der Waals surface area contributed by atoms with Crippen LogP contribution in [0.2, 0.25) is 5.02 Å². The van der Waals surface area contributed by atoms with Crippen molar-refractivity contribution >= 4 is 22.5 Å². The molecule has 4 heterocycles. The number of hydrogen-bond acceptors (Lipinski definition) is 6. The van der Waals surface area contributed by atoms with E-state index in [4.69, 9.17) is 16.3 Å². The van der Waals surface area contributed by atoms with E-state index in [1.807, 2.05) is 36.5 Å². The summed E-state index contributed by atoms with van der Waals surface area (Å²) in [5.41, 5.74) is -1.11. The molecule has 1 unspecified atom stereocenters. The van der Waals surface area contributed by atoms with E-state index in [9.17, 15) is 18.3 Å². The van der Waals surface area contributed by atoms with Gasteiger partial charge >= 0.3 is 6.18 Å². The minimum Gasteiger partial charge on any atom is -0.481 e. The van der Waals surface area contributed by atoms with Crippen molar-refractivity contribution in [2.24, 2.45) is 7.05 Å². The molecule has 2 aromatic carbocycles. The zero-order chi connectivity index (χ0) is 31.2. The Hall–Kier alpha value is -4.81. The number of rotatable bonds is 7. The third kappa shape index (κ3) is 5.05. The molecule has 0 saturated heterocycles. The van der Waals surface area contributed by atoms with Gasteiger partial charge in [-0.15, -0.1) is 0 Å². The van der Waals surface area contributed by atoms with Gasteiger partial charge in [0.25, 0.3) is 0 Å². The highest BCUT2D eigenvalue weighted by molar-refractivity contribution is 6.36. The van der Waals surface area contributed by atoms with Gasteiger partial charge in [-0.2, -0.15) is 18.3 Å².